The Morgan fingerprint density at radius 3 is 2.78 bits per heavy atom. The molecule has 0 radical (unpaired) electrons. The van der Waals surface area contributed by atoms with Crippen molar-refractivity contribution in [3.8, 4) is 0 Å². The molecule has 0 amide bonds. The average Bonchev–Trinajstić information content (AvgIpc) is 2.32. The van der Waals surface area contributed by atoms with Crippen molar-refractivity contribution in [3.63, 3.8) is 0 Å². The maximum Gasteiger partial charge on any atom is 0.339 e. The number of halogens is 1. The molecule has 0 bridgehead atoms. The Bertz CT molecular complexity index is 517. The van der Waals surface area contributed by atoms with E-state index in [-0.39, 0.29) is 21.9 Å². The van der Waals surface area contributed by atoms with Crippen LogP contribution in [0.2, 0.25) is 5.02 Å². The standard InChI is InChI=1S/C10H10ClNO5S/c1-17-10(13)7-3-2-6(5-18(15)16)8(4-12-14)9(7)11/h2-4,14H,5H2,1H3,(H,15,16). The topological polar surface area (TPSA) is 96.2 Å². The van der Waals surface area contributed by atoms with Gasteiger partial charge in [-0.2, -0.15) is 0 Å². The van der Waals surface area contributed by atoms with Crippen molar-refractivity contribution in [1.29, 1.82) is 0 Å². The van der Waals surface area contributed by atoms with E-state index < -0.39 is 17.0 Å². The first kappa shape index (κ1) is 14.6. The Balaban J connectivity index is 3.36. The summed E-state index contributed by atoms with van der Waals surface area (Å²) < 4.78 is 24.2. The van der Waals surface area contributed by atoms with Crippen LogP contribution in [0.5, 0.6) is 0 Å². The van der Waals surface area contributed by atoms with Crippen molar-refractivity contribution in [3.05, 3.63) is 33.8 Å². The smallest absolute Gasteiger partial charge is 0.339 e. The minimum atomic E-state index is -2.08. The van der Waals surface area contributed by atoms with Crippen LogP contribution in [0.4, 0.5) is 0 Å². The first-order valence-corrected chi connectivity index (χ1v) is 6.31. The van der Waals surface area contributed by atoms with Gasteiger partial charge in [0.25, 0.3) is 0 Å². The highest BCUT2D eigenvalue weighted by Gasteiger charge is 2.17. The monoisotopic (exact) mass is 291 g/mol. The number of rotatable bonds is 4. The van der Waals surface area contributed by atoms with Crippen LogP contribution in [0.15, 0.2) is 17.3 Å². The lowest BCUT2D eigenvalue weighted by molar-refractivity contribution is 0.0601. The van der Waals surface area contributed by atoms with E-state index in [0.717, 1.165) is 6.21 Å². The summed E-state index contributed by atoms with van der Waals surface area (Å²) in [6.45, 7) is 0. The van der Waals surface area contributed by atoms with Crippen LogP contribution < -0.4 is 0 Å². The molecule has 0 spiro atoms. The number of oxime groups is 1. The van der Waals surface area contributed by atoms with Gasteiger partial charge in [-0.05, 0) is 11.6 Å². The van der Waals surface area contributed by atoms with Gasteiger partial charge in [0.2, 0.25) is 0 Å². The van der Waals surface area contributed by atoms with E-state index in [1.807, 2.05) is 0 Å². The molecule has 1 aromatic carbocycles. The van der Waals surface area contributed by atoms with Crippen LogP contribution in [0.3, 0.4) is 0 Å². The lowest BCUT2D eigenvalue weighted by Crippen LogP contribution is -2.07. The molecule has 1 atom stereocenters. The van der Waals surface area contributed by atoms with Gasteiger partial charge < -0.3 is 14.5 Å². The van der Waals surface area contributed by atoms with Crippen LogP contribution in [0.1, 0.15) is 21.5 Å². The van der Waals surface area contributed by atoms with Gasteiger partial charge in [0, 0.05) is 5.56 Å². The van der Waals surface area contributed by atoms with Gasteiger partial charge in [0.1, 0.15) is 0 Å². The molecule has 0 saturated carbocycles. The van der Waals surface area contributed by atoms with Crippen molar-refractivity contribution >= 4 is 34.9 Å². The molecule has 1 rings (SSSR count). The number of benzene rings is 1. The fourth-order valence-corrected chi connectivity index (χ4v) is 2.18. The van der Waals surface area contributed by atoms with Crippen molar-refractivity contribution in [1.82, 2.24) is 0 Å². The molecule has 2 N–H and O–H groups in total. The molecule has 0 aliphatic carbocycles. The van der Waals surface area contributed by atoms with Gasteiger partial charge in [-0.25, -0.2) is 9.00 Å². The fourth-order valence-electron chi connectivity index (χ4n) is 1.36. The first-order valence-electron chi connectivity index (χ1n) is 4.65. The highest BCUT2D eigenvalue weighted by Crippen LogP contribution is 2.25. The van der Waals surface area contributed by atoms with Gasteiger partial charge in [-0.3, -0.25) is 0 Å². The van der Waals surface area contributed by atoms with Crippen LogP contribution in [-0.4, -0.2) is 33.3 Å². The normalized spacial score (nSPS) is 12.6. The van der Waals surface area contributed by atoms with Crippen molar-refractivity contribution in [2.75, 3.05) is 7.11 Å². The molecule has 0 saturated heterocycles. The van der Waals surface area contributed by atoms with Crippen LogP contribution in [0.25, 0.3) is 0 Å². The van der Waals surface area contributed by atoms with Gasteiger partial charge in [-0.1, -0.05) is 22.8 Å². The summed E-state index contributed by atoms with van der Waals surface area (Å²) >= 11 is 3.89. The van der Waals surface area contributed by atoms with Crippen molar-refractivity contribution < 1.29 is 23.5 Å². The lowest BCUT2D eigenvalue weighted by Gasteiger charge is -2.09. The van der Waals surface area contributed by atoms with E-state index in [4.69, 9.17) is 21.4 Å². The summed E-state index contributed by atoms with van der Waals surface area (Å²) in [7, 11) is 1.20. The second kappa shape index (κ2) is 6.48. The van der Waals surface area contributed by atoms with E-state index in [0.29, 0.717) is 5.56 Å². The van der Waals surface area contributed by atoms with E-state index in [1.165, 1.54) is 19.2 Å². The summed E-state index contributed by atoms with van der Waals surface area (Å²) in [5, 5.41) is 11.4. The third-order valence-corrected chi connectivity index (χ3v) is 3.11. The number of ether oxygens (including phenoxy) is 1. The fraction of sp³-hybridized carbons (Fsp3) is 0.200. The zero-order valence-corrected chi connectivity index (χ0v) is 10.9. The minimum absolute atomic E-state index is 0.00241. The average molecular weight is 292 g/mol. The molecule has 0 aliphatic rings. The summed E-state index contributed by atoms with van der Waals surface area (Å²) in [4.78, 5) is 11.4. The molecule has 98 valence electrons. The summed E-state index contributed by atoms with van der Waals surface area (Å²) in [5.74, 6) is -0.841. The van der Waals surface area contributed by atoms with Crippen molar-refractivity contribution in [2.45, 2.75) is 5.75 Å². The second-order valence-electron chi connectivity index (χ2n) is 3.20. The van der Waals surface area contributed by atoms with Crippen molar-refractivity contribution in [2.24, 2.45) is 5.16 Å². The van der Waals surface area contributed by atoms with Crippen LogP contribution in [0, 0.1) is 0 Å². The Labute approximate surface area is 110 Å². The highest BCUT2D eigenvalue weighted by atomic mass is 35.5. The van der Waals surface area contributed by atoms with Gasteiger partial charge in [-0.15, -0.1) is 0 Å². The number of hydrogen-bond acceptors (Lipinski definition) is 5. The lowest BCUT2D eigenvalue weighted by atomic mass is 10.1. The Morgan fingerprint density at radius 1 is 1.61 bits per heavy atom. The van der Waals surface area contributed by atoms with E-state index in [1.54, 1.807) is 0 Å². The zero-order valence-electron chi connectivity index (χ0n) is 9.29. The Morgan fingerprint density at radius 2 is 2.28 bits per heavy atom. The number of carbonyl (C=O) groups is 1. The van der Waals surface area contributed by atoms with Gasteiger partial charge >= 0.3 is 5.97 Å². The molecule has 1 aromatic rings. The minimum Gasteiger partial charge on any atom is -0.465 e. The number of nitrogens with zero attached hydrogens (tertiary/aromatic N) is 1. The molecule has 1 unspecified atom stereocenters. The number of esters is 1. The SMILES string of the molecule is COC(=O)c1ccc(CS(=O)O)c(C=NO)c1Cl. The maximum absolute atomic E-state index is 11.4. The third kappa shape index (κ3) is 3.28. The third-order valence-electron chi connectivity index (χ3n) is 2.14. The molecule has 0 aliphatic heterocycles. The number of hydrogen-bond donors (Lipinski definition) is 2. The molecular formula is C10H10ClNO5S. The first-order chi connectivity index (χ1) is 8.51. The maximum atomic E-state index is 11.4. The van der Waals surface area contributed by atoms with E-state index in [2.05, 4.69) is 9.89 Å². The summed E-state index contributed by atoms with van der Waals surface area (Å²) in [5.41, 5.74) is 0.664. The molecule has 0 aromatic heterocycles. The molecule has 6 nitrogen and oxygen atoms in total. The highest BCUT2D eigenvalue weighted by molar-refractivity contribution is 7.78. The predicted molar refractivity (Wildman–Crippen MR) is 66.6 cm³/mol. The van der Waals surface area contributed by atoms with Gasteiger partial charge in [0.05, 0.1) is 29.7 Å². The summed E-state index contributed by atoms with van der Waals surface area (Å²) in [6, 6.07) is 2.83. The largest absolute Gasteiger partial charge is 0.465 e. The molecule has 0 heterocycles. The van der Waals surface area contributed by atoms with Crippen LogP contribution in [-0.2, 0) is 21.6 Å². The molecule has 8 heteroatoms. The number of carbonyl (C=O) groups excluding carboxylic acids is 1. The molecule has 18 heavy (non-hydrogen) atoms. The van der Waals surface area contributed by atoms with E-state index in [9.17, 15) is 9.00 Å². The quantitative estimate of drug-likeness (QED) is 0.289. The summed E-state index contributed by atoms with van der Waals surface area (Å²) in [6.07, 6.45) is 0.997. The Kier molecular flexibility index (Phi) is 5.26. The molecular weight excluding hydrogens is 282 g/mol. The Hall–Kier alpha value is -1.44. The van der Waals surface area contributed by atoms with Crippen LogP contribution >= 0.6 is 11.6 Å². The van der Waals surface area contributed by atoms with Gasteiger partial charge in [0.15, 0.2) is 11.1 Å². The molecule has 0 fully saturated rings. The van der Waals surface area contributed by atoms with E-state index >= 15 is 0 Å². The zero-order chi connectivity index (χ0) is 13.7. The predicted octanol–water partition coefficient (Wildman–Crippen LogP) is 1.66. The number of methoxy groups -OCH3 is 1. The second-order valence-corrected chi connectivity index (χ2v) is 4.51.